The van der Waals surface area contributed by atoms with Crippen molar-refractivity contribution in [3.63, 3.8) is 0 Å². The van der Waals surface area contributed by atoms with Gasteiger partial charge in [-0.15, -0.1) is 0 Å². The first-order valence-electron chi connectivity index (χ1n) is 9.40. The molecule has 0 radical (unpaired) electrons. The molecule has 1 fully saturated rings. The Balaban J connectivity index is 1.75. The Morgan fingerprint density at radius 3 is 2.81 bits per heavy atom. The summed E-state index contributed by atoms with van der Waals surface area (Å²) in [5, 5.41) is 0. The molecule has 2 aliphatic rings. The lowest BCUT2D eigenvalue weighted by molar-refractivity contribution is 0.275. The highest BCUT2D eigenvalue weighted by molar-refractivity contribution is 5.40. The van der Waals surface area contributed by atoms with Crippen molar-refractivity contribution in [3.05, 3.63) is 34.9 Å². The summed E-state index contributed by atoms with van der Waals surface area (Å²) in [6.45, 7) is 4.74. The van der Waals surface area contributed by atoms with E-state index in [1.165, 1.54) is 64.2 Å². The molecule has 0 aliphatic heterocycles. The van der Waals surface area contributed by atoms with Crippen molar-refractivity contribution in [2.75, 3.05) is 0 Å². The highest BCUT2D eigenvalue weighted by Crippen LogP contribution is 2.45. The monoisotopic (exact) mass is 284 g/mol. The first kappa shape index (κ1) is 15.1. The van der Waals surface area contributed by atoms with Gasteiger partial charge in [0.2, 0.25) is 0 Å². The van der Waals surface area contributed by atoms with Gasteiger partial charge in [-0.3, -0.25) is 0 Å². The Morgan fingerprint density at radius 2 is 1.95 bits per heavy atom. The molecule has 0 spiro atoms. The molecule has 3 unspecified atom stereocenters. The van der Waals surface area contributed by atoms with E-state index < -0.39 is 0 Å². The Labute approximate surface area is 131 Å². The predicted molar refractivity (Wildman–Crippen MR) is 91.9 cm³/mol. The van der Waals surface area contributed by atoms with Crippen LogP contribution in [0.2, 0.25) is 0 Å². The van der Waals surface area contributed by atoms with E-state index in [2.05, 4.69) is 32.0 Å². The molecule has 3 atom stereocenters. The topological polar surface area (TPSA) is 0 Å². The van der Waals surface area contributed by atoms with Gasteiger partial charge in [0.15, 0.2) is 0 Å². The van der Waals surface area contributed by atoms with Gasteiger partial charge < -0.3 is 0 Å². The molecule has 21 heavy (non-hydrogen) atoms. The van der Waals surface area contributed by atoms with Gasteiger partial charge in [-0.1, -0.05) is 57.7 Å². The van der Waals surface area contributed by atoms with Gasteiger partial charge in [0.1, 0.15) is 0 Å². The average Bonchev–Trinajstić information content (AvgIpc) is 2.53. The number of aryl methyl sites for hydroxylation is 1. The third kappa shape index (κ3) is 3.35. The van der Waals surface area contributed by atoms with Gasteiger partial charge in [0.25, 0.3) is 0 Å². The zero-order valence-electron chi connectivity index (χ0n) is 14.0. The van der Waals surface area contributed by atoms with Crippen LogP contribution in [-0.2, 0) is 12.8 Å². The molecule has 1 aromatic rings. The molecule has 0 amide bonds. The van der Waals surface area contributed by atoms with Gasteiger partial charge in [-0.2, -0.15) is 0 Å². The smallest absolute Gasteiger partial charge is 0.0131 e. The molecule has 0 bridgehead atoms. The molecule has 0 saturated heterocycles. The SMILES string of the molecule is CCCC(C)CCc1cccc2c1CCC1CCCCC21. The lowest BCUT2D eigenvalue weighted by Crippen LogP contribution is -2.24. The number of hydrogen-bond acceptors (Lipinski definition) is 0. The van der Waals surface area contributed by atoms with Crippen LogP contribution >= 0.6 is 0 Å². The Hall–Kier alpha value is -0.780. The third-order valence-electron chi connectivity index (χ3n) is 6.07. The summed E-state index contributed by atoms with van der Waals surface area (Å²) < 4.78 is 0. The fraction of sp³-hybridized carbons (Fsp3) is 0.714. The third-order valence-corrected chi connectivity index (χ3v) is 6.07. The van der Waals surface area contributed by atoms with Gasteiger partial charge in [0.05, 0.1) is 0 Å². The molecule has 1 aromatic carbocycles. The number of fused-ring (bicyclic) bond motifs is 3. The van der Waals surface area contributed by atoms with E-state index in [9.17, 15) is 0 Å². The van der Waals surface area contributed by atoms with E-state index >= 15 is 0 Å². The highest BCUT2D eigenvalue weighted by atomic mass is 14.4. The van der Waals surface area contributed by atoms with E-state index in [1.54, 1.807) is 16.7 Å². The quantitative estimate of drug-likeness (QED) is 0.597. The zero-order valence-corrected chi connectivity index (χ0v) is 14.0. The lowest BCUT2D eigenvalue weighted by atomic mass is 9.67. The minimum atomic E-state index is 0.886. The van der Waals surface area contributed by atoms with Crippen LogP contribution in [0.15, 0.2) is 18.2 Å². The average molecular weight is 284 g/mol. The second-order valence-electron chi connectivity index (χ2n) is 7.61. The first-order valence-corrected chi connectivity index (χ1v) is 9.40. The van der Waals surface area contributed by atoms with Crippen molar-refractivity contribution < 1.29 is 0 Å². The molecular formula is C21H32. The lowest BCUT2D eigenvalue weighted by Gasteiger charge is -2.38. The van der Waals surface area contributed by atoms with Crippen molar-refractivity contribution in [1.82, 2.24) is 0 Å². The highest BCUT2D eigenvalue weighted by Gasteiger charge is 2.32. The summed E-state index contributed by atoms with van der Waals surface area (Å²) in [4.78, 5) is 0. The van der Waals surface area contributed by atoms with Gasteiger partial charge in [-0.05, 0) is 73.0 Å². The molecule has 0 aromatic heterocycles. The van der Waals surface area contributed by atoms with Crippen LogP contribution in [0.1, 0.15) is 87.8 Å². The molecule has 116 valence electrons. The van der Waals surface area contributed by atoms with Crippen LogP contribution < -0.4 is 0 Å². The number of rotatable bonds is 5. The van der Waals surface area contributed by atoms with Crippen molar-refractivity contribution in [3.8, 4) is 0 Å². The van der Waals surface area contributed by atoms with Gasteiger partial charge >= 0.3 is 0 Å². The first-order chi connectivity index (χ1) is 10.3. The molecule has 0 heterocycles. The molecule has 0 N–H and O–H groups in total. The van der Waals surface area contributed by atoms with E-state index in [-0.39, 0.29) is 0 Å². The zero-order chi connectivity index (χ0) is 14.7. The van der Waals surface area contributed by atoms with Crippen LogP contribution in [0.4, 0.5) is 0 Å². The summed E-state index contributed by atoms with van der Waals surface area (Å²) in [6, 6.07) is 7.22. The van der Waals surface area contributed by atoms with Crippen LogP contribution in [0.5, 0.6) is 0 Å². The van der Waals surface area contributed by atoms with E-state index in [1.807, 2.05) is 0 Å². The number of hydrogen-bond donors (Lipinski definition) is 0. The van der Waals surface area contributed by atoms with E-state index in [0.717, 1.165) is 17.8 Å². The van der Waals surface area contributed by atoms with Crippen LogP contribution in [0.3, 0.4) is 0 Å². The normalized spacial score (nSPS) is 26.0. The Morgan fingerprint density at radius 1 is 1.10 bits per heavy atom. The maximum atomic E-state index is 2.45. The summed E-state index contributed by atoms with van der Waals surface area (Å²) in [7, 11) is 0. The summed E-state index contributed by atoms with van der Waals surface area (Å²) in [6.07, 6.45) is 14.1. The largest absolute Gasteiger partial charge is 0.0654 e. The molecular weight excluding hydrogens is 252 g/mol. The molecule has 0 heteroatoms. The number of benzene rings is 1. The summed E-state index contributed by atoms with van der Waals surface area (Å²) >= 11 is 0. The Bertz CT molecular complexity index is 459. The molecule has 3 rings (SSSR count). The van der Waals surface area contributed by atoms with Gasteiger partial charge in [0, 0.05) is 0 Å². The van der Waals surface area contributed by atoms with E-state index in [0.29, 0.717) is 0 Å². The maximum absolute atomic E-state index is 2.45. The second kappa shape index (κ2) is 6.99. The maximum Gasteiger partial charge on any atom is -0.0131 e. The van der Waals surface area contributed by atoms with Crippen LogP contribution in [0.25, 0.3) is 0 Å². The fourth-order valence-corrected chi connectivity index (χ4v) is 4.87. The standard InChI is InChI=1S/C21H32/c1-3-7-16(2)12-13-18-9-6-11-21-19-10-5-4-8-17(19)14-15-20(18)21/h6,9,11,16-17,19H,3-5,7-8,10,12-15H2,1-2H3. The van der Waals surface area contributed by atoms with Crippen molar-refractivity contribution >= 4 is 0 Å². The Kier molecular flexibility index (Phi) is 5.03. The van der Waals surface area contributed by atoms with Gasteiger partial charge in [-0.25, -0.2) is 0 Å². The second-order valence-corrected chi connectivity index (χ2v) is 7.61. The van der Waals surface area contributed by atoms with Crippen molar-refractivity contribution in [1.29, 1.82) is 0 Å². The summed E-state index contributed by atoms with van der Waals surface area (Å²) in [5.74, 6) is 2.79. The molecule has 0 nitrogen and oxygen atoms in total. The summed E-state index contributed by atoms with van der Waals surface area (Å²) in [5.41, 5.74) is 5.18. The fourth-order valence-electron chi connectivity index (χ4n) is 4.87. The molecule has 2 aliphatic carbocycles. The van der Waals surface area contributed by atoms with Crippen molar-refractivity contribution in [2.45, 2.75) is 84.0 Å². The molecule has 1 saturated carbocycles. The minimum absolute atomic E-state index is 0.886. The predicted octanol–water partition coefficient (Wildman–Crippen LogP) is 6.28. The van der Waals surface area contributed by atoms with E-state index in [4.69, 9.17) is 0 Å². The van der Waals surface area contributed by atoms with Crippen LogP contribution in [0, 0.1) is 11.8 Å². The minimum Gasteiger partial charge on any atom is -0.0654 e. The van der Waals surface area contributed by atoms with Crippen LogP contribution in [-0.4, -0.2) is 0 Å². The van der Waals surface area contributed by atoms with Crippen molar-refractivity contribution in [2.24, 2.45) is 11.8 Å².